The summed E-state index contributed by atoms with van der Waals surface area (Å²) in [5.41, 5.74) is 5.86. The molecule has 0 amide bonds. The number of nitrogens with one attached hydrogen (secondary N) is 1. The van der Waals surface area contributed by atoms with Crippen LogP contribution in [0.25, 0.3) is 0 Å². The maximum Gasteiger partial charge on any atom is 0.0890 e. The fourth-order valence-corrected chi connectivity index (χ4v) is 2.88. The Morgan fingerprint density at radius 1 is 1.44 bits per heavy atom. The van der Waals surface area contributed by atoms with Crippen LogP contribution in [-0.4, -0.2) is 9.78 Å². The Balaban J connectivity index is 2.52. The van der Waals surface area contributed by atoms with Gasteiger partial charge >= 0.3 is 0 Å². The van der Waals surface area contributed by atoms with E-state index in [1.807, 2.05) is 26.1 Å². The van der Waals surface area contributed by atoms with Crippen LogP contribution in [0.15, 0.2) is 28.9 Å². The standard InChI is InChI=1S/C12H14BrClN4/c1-7-3-8(5-9(14)4-7)11(17-15)12-10(13)6-16-18(12)2/h3-6,11,17H,15H2,1-2H3. The summed E-state index contributed by atoms with van der Waals surface area (Å²) in [7, 11) is 1.88. The molecule has 1 aromatic heterocycles. The highest BCUT2D eigenvalue weighted by Crippen LogP contribution is 2.29. The molecular weight excluding hydrogens is 316 g/mol. The molecule has 0 saturated heterocycles. The lowest BCUT2D eigenvalue weighted by atomic mass is 10.0. The third kappa shape index (κ3) is 2.59. The third-order valence-electron chi connectivity index (χ3n) is 2.78. The number of hydrogen-bond donors (Lipinski definition) is 2. The van der Waals surface area contributed by atoms with Gasteiger partial charge < -0.3 is 0 Å². The van der Waals surface area contributed by atoms with Gasteiger partial charge in [0.1, 0.15) is 0 Å². The molecule has 0 fully saturated rings. The van der Waals surface area contributed by atoms with Crippen molar-refractivity contribution in [3.05, 3.63) is 50.7 Å². The van der Waals surface area contributed by atoms with E-state index < -0.39 is 0 Å². The first-order valence-corrected chi connectivity index (χ1v) is 6.60. The zero-order valence-electron chi connectivity index (χ0n) is 10.1. The number of nitrogens with two attached hydrogens (primary N) is 1. The number of nitrogens with zero attached hydrogens (tertiary/aromatic N) is 2. The van der Waals surface area contributed by atoms with E-state index in [1.165, 1.54) is 0 Å². The molecule has 0 aliphatic heterocycles. The SMILES string of the molecule is Cc1cc(Cl)cc(C(NN)c2c(Br)cnn2C)c1. The van der Waals surface area contributed by atoms with Crippen LogP contribution in [0, 0.1) is 6.92 Å². The van der Waals surface area contributed by atoms with Crippen molar-refractivity contribution in [3.63, 3.8) is 0 Å². The second kappa shape index (κ2) is 5.40. The van der Waals surface area contributed by atoms with Crippen molar-refractivity contribution in [3.8, 4) is 0 Å². The molecule has 1 unspecified atom stereocenters. The van der Waals surface area contributed by atoms with Crippen molar-refractivity contribution in [1.29, 1.82) is 0 Å². The molecule has 1 aromatic carbocycles. The lowest BCUT2D eigenvalue weighted by Crippen LogP contribution is -2.30. The van der Waals surface area contributed by atoms with Crippen LogP contribution in [0.1, 0.15) is 22.9 Å². The summed E-state index contributed by atoms with van der Waals surface area (Å²) in [6.45, 7) is 2.00. The van der Waals surface area contributed by atoms with Gasteiger partial charge in [-0.15, -0.1) is 0 Å². The Hall–Kier alpha value is -0.880. The number of benzene rings is 1. The second-order valence-corrected chi connectivity index (χ2v) is 5.45. The average Bonchev–Trinajstić information content (AvgIpc) is 2.61. The third-order valence-corrected chi connectivity index (χ3v) is 3.60. The van der Waals surface area contributed by atoms with Crippen LogP contribution in [0.3, 0.4) is 0 Å². The quantitative estimate of drug-likeness (QED) is 0.672. The van der Waals surface area contributed by atoms with Crippen molar-refractivity contribution in [2.24, 2.45) is 12.9 Å². The molecule has 0 radical (unpaired) electrons. The molecule has 4 nitrogen and oxygen atoms in total. The summed E-state index contributed by atoms with van der Waals surface area (Å²) in [4.78, 5) is 0. The van der Waals surface area contributed by atoms with Crippen LogP contribution >= 0.6 is 27.5 Å². The van der Waals surface area contributed by atoms with Crippen molar-refractivity contribution in [2.75, 3.05) is 0 Å². The van der Waals surface area contributed by atoms with Crippen LogP contribution in [0.5, 0.6) is 0 Å². The molecule has 0 spiro atoms. The first kappa shape index (κ1) is 13.5. The highest BCUT2D eigenvalue weighted by Gasteiger charge is 2.20. The number of aromatic nitrogens is 2. The largest absolute Gasteiger partial charge is 0.271 e. The number of hydrogen-bond acceptors (Lipinski definition) is 3. The molecule has 0 aliphatic carbocycles. The fraction of sp³-hybridized carbons (Fsp3) is 0.250. The highest BCUT2D eigenvalue weighted by atomic mass is 79.9. The van der Waals surface area contributed by atoms with Gasteiger partial charge in [0.05, 0.1) is 22.4 Å². The first-order chi connectivity index (χ1) is 8.52. The van der Waals surface area contributed by atoms with E-state index in [4.69, 9.17) is 17.4 Å². The first-order valence-electron chi connectivity index (χ1n) is 5.43. The predicted molar refractivity (Wildman–Crippen MR) is 76.3 cm³/mol. The molecule has 3 N–H and O–H groups in total. The van der Waals surface area contributed by atoms with Gasteiger partial charge in [-0.1, -0.05) is 17.7 Å². The van der Waals surface area contributed by atoms with Gasteiger partial charge in [0, 0.05) is 12.1 Å². The lowest BCUT2D eigenvalue weighted by molar-refractivity contribution is 0.573. The van der Waals surface area contributed by atoms with Gasteiger partial charge in [-0.2, -0.15) is 5.10 Å². The minimum atomic E-state index is -0.163. The van der Waals surface area contributed by atoms with E-state index in [9.17, 15) is 0 Å². The molecule has 6 heteroatoms. The molecule has 2 rings (SSSR count). The van der Waals surface area contributed by atoms with Crippen LogP contribution in [0.2, 0.25) is 5.02 Å². The number of hydrazine groups is 1. The summed E-state index contributed by atoms with van der Waals surface area (Å²) >= 11 is 9.57. The molecule has 18 heavy (non-hydrogen) atoms. The molecule has 96 valence electrons. The molecule has 0 bridgehead atoms. The van der Waals surface area contributed by atoms with Gasteiger partial charge in [0.15, 0.2) is 0 Å². The normalized spacial score (nSPS) is 12.7. The average molecular weight is 330 g/mol. The Kier molecular flexibility index (Phi) is 4.07. The van der Waals surface area contributed by atoms with E-state index >= 15 is 0 Å². The fourth-order valence-electron chi connectivity index (χ4n) is 2.01. The van der Waals surface area contributed by atoms with Gasteiger partial charge in [-0.25, -0.2) is 5.43 Å². The molecule has 0 aliphatic rings. The molecule has 2 aromatic rings. The molecule has 1 heterocycles. The number of halogens is 2. The van der Waals surface area contributed by atoms with E-state index in [0.717, 1.165) is 21.3 Å². The van der Waals surface area contributed by atoms with Gasteiger partial charge in [-0.05, 0) is 46.1 Å². The maximum absolute atomic E-state index is 6.09. The predicted octanol–water partition coefficient (Wildman–Crippen LogP) is 2.70. The van der Waals surface area contributed by atoms with Gasteiger partial charge in [0.2, 0.25) is 0 Å². The Morgan fingerprint density at radius 3 is 2.67 bits per heavy atom. The number of rotatable bonds is 3. The van der Waals surface area contributed by atoms with Crippen LogP contribution < -0.4 is 11.3 Å². The summed E-state index contributed by atoms with van der Waals surface area (Å²) in [6.07, 6.45) is 1.75. The summed E-state index contributed by atoms with van der Waals surface area (Å²) in [5.74, 6) is 5.68. The van der Waals surface area contributed by atoms with E-state index in [2.05, 4.69) is 32.5 Å². The Morgan fingerprint density at radius 2 is 2.17 bits per heavy atom. The smallest absolute Gasteiger partial charge is 0.0890 e. The minimum absolute atomic E-state index is 0.163. The van der Waals surface area contributed by atoms with E-state index in [0.29, 0.717) is 5.02 Å². The van der Waals surface area contributed by atoms with Crippen molar-refractivity contribution < 1.29 is 0 Å². The topological polar surface area (TPSA) is 55.9 Å². The second-order valence-electron chi connectivity index (χ2n) is 4.16. The molecule has 0 saturated carbocycles. The Bertz CT molecular complexity index is 527. The summed E-state index contributed by atoms with van der Waals surface area (Å²) in [6, 6.07) is 5.70. The maximum atomic E-state index is 6.09. The monoisotopic (exact) mass is 328 g/mol. The molecule has 1 atom stereocenters. The van der Waals surface area contributed by atoms with Crippen molar-refractivity contribution in [2.45, 2.75) is 13.0 Å². The van der Waals surface area contributed by atoms with Gasteiger partial charge in [-0.3, -0.25) is 10.5 Å². The Labute approximate surface area is 119 Å². The molecular formula is C12H14BrClN4. The minimum Gasteiger partial charge on any atom is -0.271 e. The summed E-state index contributed by atoms with van der Waals surface area (Å²) < 4.78 is 2.69. The number of aryl methyl sites for hydroxylation is 2. The zero-order valence-corrected chi connectivity index (χ0v) is 12.5. The van der Waals surface area contributed by atoms with Crippen LogP contribution in [-0.2, 0) is 7.05 Å². The lowest BCUT2D eigenvalue weighted by Gasteiger charge is -2.18. The summed E-state index contributed by atoms with van der Waals surface area (Å²) in [5, 5.41) is 4.89. The van der Waals surface area contributed by atoms with Crippen molar-refractivity contribution >= 4 is 27.5 Å². The zero-order chi connectivity index (χ0) is 13.3. The highest BCUT2D eigenvalue weighted by molar-refractivity contribution is 9.10. The van der Waals surface area contributed by atoms with Gasteiger partial charge in [0.25, 0.3) is 0 Å². The van der Waals surface area contributed by atoms with E-state index in [1.54, 1.807) is 10.9 Å². The van der Waals surface area contributed by atoms with Crippen molar-refractivity contribution in [1.82, 2.24) is 15.2 Å². The van der Waals surface area contributed by atoms with E-state index in [-0.39, 0.29) is 6.04 Å². The van der Waals surface area contributed by atoms with Crippen LogP contribution in [0.4, 0.5) is 0 Å².